The number of hydrogen-bond donors (Lipinski definition) is 1. The number of pyridine rings is 1. The van der Waals surface area contributed by atoms with Crippen LogP contribution < -0.4 is 5.32 Å². The van der Waals surface area contributed by atoms with Crippen molar-refractivity contribution in [3.05, 3.63) is 59.4 Å². The normalized spacial score (nSPS) is 17.9. The Labute approximate surface area is 108 Å². The van der Waals surface area contributed by atoms with Crippen molar-refractivity contribution < 1.29 is 13.2 Å². The van der Waals surface area contributed by atoms with Crippen LogP contribution in [0, 0.1) is 0 Å². The number of nitrogens with one attached hydrogen (secondary N) is 1. The van der Waals surface area contributed by atoms with Gasteiger partial charge in [-0.1, -0.05) is 18.2 Å². The summed E-state index contributed by atoms with van der Waals surface area (Å²) in [5, 5.41) is 3.12. The van der Waals surface area contributed by atoms with Crippen LogP contribution in [0.15, 0.2) is 42.7 Å². The van der Waals surface area contributed by atoms with E-state index in [9.17, 15) is 13.2 Å². The zero-order chi connectivity index (χ0) is 13.5. The molecule has 2 nitrogen and oxygen atoms in total. The highest BCUT2D eigenvalue weighted by atomic mass is 19.4. The van der Waals surface area contributed by atoms with Gasteiger partial charge in [0.25, 0.3) is 0 Å². The van der Waals surface area contributed by atoms with E-state index in [0.29, 0.717) is 6.42 Å². The van der Waals surface area contributed by atoms with Gasteiger partial charge in [0.2, 0.25) is 0 Å². The molecule has 0 saturated carbocycles. The lowest BCUT2D eigenvalue weighted by Gasteiger charge is -2.17. The van der Waals surface area contributed by atoms with Crippen molar-refractivity contribution in [2.75, 3.05) is 5.32 Å². The summed E-state index contributed by atoms with van der Waals surface area (Å²) in [5.74, 6) is 0. The van der Waals surface area contributed by atoms with Crippen LogP contribution in [0.3, 0.4) is 0 Å². The molecule has 1 unspecified atom stereocenters. The second-order valence-electron chi connectivity index (χ2n) is 4.52. The zero-order valence-electron chi connectivity index (χ0n) is 9.91. The fourth-order valence-electron chi connectivity index (χ4n) is 2.43. The third kappa shape index (κ3) is 2.16. The van der Waals surface area contributed by atoms with E-state index in [4.69, 9.17) is 0 Å². The van der Waals surface area contributed by atoms with Crippen molar-refractivity contribution in [3.63, 3.8) is 0 Å². The van der Waals surface area contributed by atoms with Gasteiger partial charge in [-0.3, -0.25) is 4.98 Å². The SMILES string of the molecule is FC(F)(F)c1ccncc1C1Cc2ccccc2N1. The second kappa shape index (κ2) is 4.26. The van der Waals surface area contributed by atoms with Gasteiger partial charge in [-0.05, 0) is 24.1 Å². The fraction of sp³-hybridized carbons (Fsp3) is 0.214. The minimum absolute atomic E-state index is 0.200. The van der Waals surface area contributed by atoms with E-state index in [1.165, 1.54) is 12.4 Å². The molecule has 5 heteroatoms. The Bertz CT molecular complexity index is 583. The number of fused-ring (bicyclic) bond motifs is 1. The lowest BCUT2D eigenvalue weighted by atomic mass is 9.99. The maximum atomic E-state index is 13.0. The van der Waals surface area contributed by atoms with Crippen LogP contribution in [0.1, 0.15) is 22.7 Å². The molecule has 0 saturated heterocycles. The minimum atomic E-state index is -4.35. The topological polar surface area (TPSA) is 24.9 Å². The van der Waals surface area contributed by atoms with Gasteiger partial charge < -0.3 is 5.32 Å². The summed E-state index contributed by atoms with van der Waals surface area (Å²) in [6, 6.07) is 8.20. The molecular weight excluding hydrogens is 253 g/mol. The highest BCUT2D eigenvalue weighted by molar-refractivity contribution is 5.58. The molecule has 1 aliphatic heterocycles. The molecule has 2 heterocycles. The predicted molar refractivity (Wildman–Crippen MR) is 65.7 cm³/mol. The van der Waals surface area contributed by atoms with Crippen LogP contribution in [-0.4, -0.2) is 4.98 Å². The molecule has 1 N–H and O–H groups in total. The number of anilines is 1. The number of halogens is 3. The third-order valence-electron chi connectivity index (χ3n) is 3.30. The molecule has 0 amide bonds. The van der Waals surface area contributed by atoms with E-state index >= 15 is 0 Å². The standard InChI is InChI=1S/C14H11F3N2/c15-14(16,17)11-5-6-18-8-10(11)13-7-9-3-1-2-4-12(9)19-13/h1-6,8,13,19H,7H2. The van der Waals surface area contributed by atoms with Gasteiger partial charge in [0.1, 0.15) is 0 Å². The Kier molecular flexibility index (Phi) is 2.69. The van der Waals surface area contributed by atoms with Gasteiger partial charge in [-0.25, -0.2) is 0 Å². The Hall–Kier alpha value is -2.04. The van der Waals surface area contributed by atoms with Crippen LogP contribution >= 0.6 is 0 Å². The Morgan fingerprint density at radius 2 is 1.95 bits per heavy atom. The van der Waals surface area contributed by atoms with E-state index in [1.54, 1.807) is 0 Å². The lowest BCUT2D eigenvalue weighted by Crippen LogP contribution is -2.15. The summed E-state index contributed by atoms with van der Waals surface area (Å²) < 4.78 is 38.9. The number of aromatic nitrogens is 1. The van der Waals surface area contributed by atoms with Crippen LogP contribution in [0.4, 0.5) is 18.9 Å². The molecule has 98 valence electrons. The van der Waals surface area contributed by atoms with E-state index in [0.717, 1.165) is 17.3 Å². The highest BCUT2D eigenvalue weighted by Gasteiger charge is 2.36. The molecule has 19 heavy (non-hydrogen) atoms. The zero-order valence-corrected chi connectivity index (χ0v) is 9.91. The quantitative estimate of drug-likeness (QED) is 0.847. The van der Waals surface area contributed by atoms with Crippen LogP contribution in [0.2, 0.25) is 0 Å². The van der Waals surface area contributed by atoms with Crippen molar-refractivity contribution >= 4 is 5.69 Å². The van der Waals surface area contributed by atoms with Crippen molar-refractivity contribution in [1.29, 1.82) is 0 Å². The van der Waals surface area contributed by atoms with Gasteiger partial charge in [-0.2, -0.15) is 13.2 Å². The first-order chi connectivity index (χ1) is 9.05. The van der Waals surface area contributed by atoms with Gasteiger partial charge in [0, 0.05) is 23.6 Å². The smallest absolute Gasteiger partial charge is 0.378 e. The first kappa shape index (κ1) is 12.0. The Morgan fingerprint density at radius 3 is 2.68 bits per heavy atom. The number of benzene rings is 1. The summed E-state index contributed by atoms with van der Waals surface area (Å²) in [4.78, 5) is 3.83. The molecule has 3 rings (SSSR count). The molecular formula is C14H11F3N2. The van der Waals surface area contributed by atoms with Crippen molar-refractivity contribution in [2.45, 2.75) is 18.6 Å². The summed E-state index contributed by atoms with van der Waals surface area (Å²) in [7, 11) is 0. The second-order valence-corrected chi connectivity index (χ2v) is 4.52. The predicted octanol–water partition coefficient (Wildman–Crippen LogP) is 3.81. The lowest BCUT2D eigenvalue weighted by molar-refractivity contribution is -0.138. The van der Waals surface area contributed by atoms with Crippen LogP contribution in [0.5, 0.6) is 0 Å². The van der Waals surface area contributed by atoms with Crippen molar-refractivity contribution in [3.8, 4) is 0 Å². The van der Waals surface area contributed by atoms with E-state index in [-0.39, 0.29) is 11.6 Å². The summed E-state index contributed by atoms with van der Waals surface area (Å²) in [6.45, 7) is 0. The molecule has 1 atom stereocenters. The molecule has 0 fully saturated rings. The first-order valence-corrected chi connectivity index (χ1v) is 5.91. The number of alkyl halides is 3. The largest absolute Gasteiger partial charge is 0.416 e. The Morgan fingerprint density at radius 1 is 1.16 bits per heavy atom. The monoisotopic (exact) mass is 264 g/mol. The average Bonchev–Trinajstić information content (AvgIpc) is 2.81. The van der Waals surface area contributed by atoms with Gasteiger partial charge in [0.15, 0.2) is 0 Å². The average molecular weight is 264 g/mol. The van der Waals surface area contributed by atoms with Gasteiger partial charge in [-0.15, -0.1) is 0 Å². The fourth-order valence-corrected chi connectivity index (χ4v) is 2.43. The summed E-state index contributed by atoms with van der Waals surface area (Å²) in [6.07, 6.45) is -1.33. The number of rotatable bonds is 1. The van der Waals surface area contributed by atoms with E-state index in [1.807, 2.05) is 24.3 Å². The van der Waals surface area contributed by atoms with Crippen LogP contribution in [0.25, 0.3) is 0 Å². The van der Waals surface area contributed by atoms with Gasteiger partial charge >= 0.3 is 6.18 Å². The van der Waals surface area contributed by atoms with E-state index in [2.05, 4.69) is 10.3 Å². The molecule has 0 spiro atoms. The Balaban J connectivity index is 1.98. The summed E-state index contributed by atoms with van der Waals surface area (Å²) in [5.41, 5.74) is 1.51. The molecule has 1 aromatic heterocycles. The minimum Gasteiger partial charge on any atom is -0.378 e. The molecule has 1 aliphatic rings. The molecule has 1 aromatic carbocycles. The number of nitrogens with zero attached hydrogens (tertiary/aromatic N) is 1. The van der Waals surface area contributed by atoms with Crippen molar-refractivity contribution in [1.82, 2.24) is 4.98 Å². The van der Waals surface area contributed by atoms with Gasteiger partial charge in [0.05, 0.1) is 11.6 Å². The maximum Gasteiger partial charge on any atom is 0.416 e. The first-order valence-electron chi connectivity index (χ1n) is 5.91. The van der Waals surface area contributed by atoms with Crippen molar-refractivity contribution in [2.24, 2.45) is 0 Å². The highest BCUT2D eigenvalue weighted by Crippen LogP contribution is 2.39. The molecule has 0 bridgehead atoms. The maximum absolute atomic E-state index is 13.0. The molecule has 2 aromatic rings. The number of hydrogen-bond acceptors (Lipinski definition) is 2. The molecule has 0 radical (unpaired) electrons. The van der Waals surface area contributed by atoms with Crippen LogP contribution in [-0.2, 0) is 12.6 Å². The number of para-hydroxylation sites is 1. The third-order valence-corrected chi connectivity index (χ3v) is 3.30. The molecule has 0 aliphatic carbocycles. The summed E-state index contributed by atoms with van der Waals surface area (Å²) >= 11 is 0. The van der Waals surface area contributed by atoms with E-state index < -0.39 is 11.7 Å².